The third-order valence-electron chi connectivity index (χ3n) is 2.84. The van der Waals surface area contributed by atoms with Gasteiger partial charge in [0.15, 0.2) is 17.3 Å². The molecule has 0 atom stereocenters. The first kappa shape index (κ1) is 14.8. The van der Waals surface area contributed by atoms with Crippen molar-refractivity contribution in [2.45, 2.75) is 12.8 Å². The number of benzene rings is 1. The Bertz CT molecular complexity index is 624. The quantitative estimate of drug-likeness (QED) is 0.744. The zero-order chi connectivity index (χ0) is 15.2. The lowest BCUT2D eigenvalue weighted by Crippen LogP contribution is -2.04. The first-order chi connectivity index (χ1) is 10.2. The fraction of sp³-hybridized carbons (Fsp3) is 0.357. The third kappa shape index (κ3) is 3.71. The van der Waals surface area contributed by atoms with Gasteiger partial charge in [-0.15, -0.1) is 0 Å². The normalized spacial score (nSPS) is 10.2. The second-order valence-electron chi connectivity index (χ2n) is 4.22. The molecule has 21 heavy (non-hydrogen) atoms. The van der Waals surface area contributed by atoms with Crippen LogP contribution >= 0.6 is 0 Å². The lowest BCUT2D eigenvalue weighted by molar-refractivity contribution is -0.140. The zero-order valence-corrected chi connectivity index (χ0v) is 12.1. The molecule has 0 amide bonds. The Morgan fingerprint density at radius 1 is 1.19 bits per heavy atom. The summed E-state index contributed by atoms with van der Waals surface area (Å²) in [5.74, 6) is 1.59. The van der Waals surface area contributed by atoms with Crippen molar-refractivity contribution in [1.29, 1.82) is 0 Å². The lowest BCUT2D eigenvalue weighted by Gasteiger charge is -2.08. The topological polar surface area (TPSA) is 83.7 Å². The van der Waals surface area contributed by atoms with Crippen LogP contribution in [0.4, 0.5) is 0 Å². The Kier molecular flexibility index (Phi) is 4.76. The highest BCUT2D eigenvalue weighted by Crippen LogP contribution is 2.28. The molecule has 0 fully saturated rings. The molecule has 2 aromatic rings. The molecule has 0 saturated carbocycles. The largest absolute Gasteiger partial charge is 0.493 e. The molecule has 2 rings (SSSR count). The van der Waals surface area contributed by atoms with Gasteiger partial charge in [-0.05, 0) is 17.7 Å². The Balaban J connectivity index is 2.09. The maximum Gasteiger partial charge on any atom is 0.315 e. The van der Waals surface area contributed by atoms with Crippen LogP contribution in [0.3, 0.4) is 0 Å². The van der Waals surface area contributed by atoms with Gasteiger partial charge in [0.1, 0.15) is 6.42 Å². The summed E-state index contributed by atoms with van der Waals surface area (Å²) in [6.07, 6.45) is 0.431. The van der Waals surface area contributed by atoms with Crippen LogP contribution in [0, 0.1) is 0 Å². The fourth-order valence-electron chi connectivity index (χ4n) is 1.80. The van der Waals surface area contributed by atoms with E-state index in [4.69, 9.17) is 14.0 Å². The van der Waals surface area contributed by atoms with Crippen molar-refractivity contribution < 1.29 is 23.5 Å². The van der Waals surface area contributed by atoms with Crippen LogP contribution in [0.15, 0.2) is 22.7 Å². The number of rotatable bonds is 6. The van der Waals surface area contributed by atoms with Crippen molar-refractivity contribution in [3.8, 4) is 11.5 Å². The highest BCUT2D eigenvalue weighted by Gasteiger charge is 2.12. The Hall–Kier alpha value is -2.57. The van der Waals surface area contributed by atoms with Crippen LogP contribution in [-0.2, 0) is 22.4 Å². The number of aromatic nitrogens is 2. The summed E-state index contributed by atoms with van der Waals surface area (Å²) in [7, 11) is 4.46. The van der Waals surface area contributed by atoms with Crippen molar-refractivity contribution in [2.75, 3.05) is 21.3 Å². The van der Waals surface area contributed by atoms with E-state index in [1.807, 2.05) is 18.2 Å². The van der Waals surface area contributed by atoms with Crippen molar-refractivity contribution in [3.05, 3.63) is 35.5 Å². The van der Waals surface area contributed by atoms with E-state index in [-0.39, 0.29) is 12.3 Å². The summed E-state index contributed by atoms with van der Waals surface area (Å²) in [6.45, 7) is 0. The molecule has 0 radical (unpaired) electrons. The molecule has 0 unspecified atom stereocenters. The molecule has 0 aliphatic rings. The summed E-state index contributed by atoms with van der Waals surface area (Å²) in [5.41, 5.74) is 0.943. The smallest absolute Gasteiger partial charge is 0.315 e. The molecular weight excluding hydrogens is 276 g/mol. The van der Waals surface area contributed by atoms with Crippen molar-refractivity contribution in [2.24, 2.45) is 0 Å². The summed E-state index contributed by atoms with van der Waals surface area (Å²) in [4.78, 5) is 15.3. The van der Waals surface area contributed by atoms with E-state index in [9.17, 15) is 4.79 Å². The number of carbonyl (C=O) groups is 1. The second kappa shape index (κ2) is 6.74. The molecule has 7 heteroatoms. The molecule has 112 valence electrons. The van der Waals surface area contributed by atoms with Gasteiger partial charge in [-0.25, -0.2) is 0 Å². The monoisotopic (exact) mass is 292 g/mol. The van der Waals surface area contributed by atoms with Crippen LogP contribution in [0.2, 0.25) is 0 Å². The van der Waals surface area contributed by atoms with Gasteiger partial charge in [0, 0.05) is 6.42 Å². The van der Waals surface area contributed by atoms with Gasteiger partial charge in [0.25, 0.3) is 0 Å². The molecule has 7 nitrogen and oxygen atoms in total. The number of nitrogens with zero attached hydrogens (tertiary/aromatic N) is 2. The van der Waals surface area contributed by atoms with Gasteiger partial charge in [0.05, 0.1) is 21.3 Å². The van der Waals surface area contributed by atoms with Gasteiger partial charge in [-0.1, -0.05) is 11.2 Å². The standard InChI is InChI=1S/C14H16N2O5/c1-18-10-5-4-9(6-11(10)19-2)7-12-15-13(21-16-12)8-14(17)20-3/h4-6H,7-8H2,1-3H3. The molecule has 0 aliphatic heterocycles. The molecule has 0 N–H and O–H groups in total. The maximum atomic E-state index is 11.1. The molecular formula is C14H16N2O5. The van der Waals surface area contributed by atoms with E-state index >= 15 is 0 Å². The van der Waals surface area contributed by atoms with Gasteiger partial charge in [-0.3, -0.25) is 4.79 Å². The summed E-state index contributed by atoms with van der Waals surface area (Å²) >= 11 is 0. The van der Waals surface area contributed by atoms with E-state index in [0.29, 0.717) is 23.7 Å². The van der Waals surface area contributed by atoms with Crippen molar-refractivity contribution >= 4 is 5.97 Å². The maximum absolute atomic E-state index is 11.1. The minimum absolute atomic E-state index is 0.0323. The van der Waals surface area contributed by atoms with E-state index in [1.54, 1.807) is 14.2 Å². The Morgan fingerprint density at radius 3 is 2.62 bits per heavy atom. The van der Waals surface area contributed by atoms with Gasteiger partial charge >= 0.3 is 5.97 Å². The number of esters is 1. The average Bonchev–Trinajstić information content (AvgIpc) is 2.93. The second-order valence-corrected chi connectivity index (χ2v) is 4.22. The van der Waals surface area contributed by atoms with Crippen molar-refractivity contribution in [1.82, 2.24) is 10.1 Å². The van der Waals surface area contributed by atoms with Gasteiger partial charge in [0.2, 0.25) is 5.89 Å². The van der Waals surface area contributed by atoms with Crippen LogP contribution in [0.1, 0.15) is 17.3 Å². The highest BCUT2D eigenvalue weighted by molar-refractivity contribution is 5.71. The minimum atomic E-state index is -0.420. The van der Waals surface area contributed by atoms with Gasteiger partial charge in [-0.2, -0.15) is 4.98 Å². The first-order valence-corrected chi connectivity index (χ1v) is 6.25. The molecule has 0 spiro atoms. The number of ether oxygens (including phenoxy) is 3. The van der Waals surface area contributed by atoms with Crippen molar-refractivity contribution in [3.63, 3.8) is 0 Å². The minimum Gasteiger partial charge on any atom is -0.493 e. The number of carbonyl (C=O) groups excluding carboxylic acids is 1. The summed E-state index contributed by atoms with van der Waals surface area (Å²) < 4.78 is 19.9. The molecule has 1 aromatic heterocycles. The molecule has 1 heterocycles. The van der Waals surface area contributed by atoms with E-state index in [0.717, 1.165) is 5.56 Å². The molecule has 0 bridgehead atoms. The zero-order valence-electron chi connectivity index (χ0n) is 12.1. The Labute approximate surface area is 121 Å². The van der Waals surface area contributed by atoms with Gasteiger partial charge < -0.3 is 18.7 Å². The highest BCUT2D eigenvalue weighted by atomic mass is 16.5. The van der Waals surface area contributed by atoms with Crippen LogP contribution < -0.4 is 9.47 Å². The fourth-order valence-corrected chi connectivity index (χ4v) is 1.80. The summed E-state index contributed by atoms with van der Waals surface area (Å²) in [5, 5.41) is 3.83. The Morgan fingerprint density at radius 2 is 1.95 bits per heavy atom. The van der Waals surface area contributed by atoms with Crippen LogP contribution in [-0.4, -0.2) is 37.4 Å². The van der Waals surface area contributed by atoms with E-state index in [1.165, 1.54) is 7.11 Å². The lowest BCUT2D eigenvalue weighted by atomic mass is 10.1. The number of methoxy groups -OCH3 is 3. The summed E-state index contributed by atoms with van der Waals surface area (Å²) in [6, 6.07) is 5.54. The van der Waals surface area contributed by atoms with Crippen LogP contribution in [0.25, 0.3) is 0 Å². The van der Waals surface area contributed by atoms with E-state index in [2.05, 4.69) is 14.9 Å². The number of hydrogen-bond acceptors (Lipinski definition) is 7. The predicted octanol–water partition coefficient (Wildman–Crippen LogP) is 1.39. The molecule has 1 aromatic carbocycles. The number of hydrogen-bond donors (Lipinski definition) is 0. The van der Waals surface area contributed by atoms with Crippen LogP contribution in [0.5, 0.6) is 11.5 Å². The van der Waals surface area contributed by atoms with E-state index < -0.39 is 5.97 Å². The average molecular weight is 292 g/mol. The third-order valence-corrected chi connectivity index (χ3v) is 2.84. The predicted molar refractivity (Wildman–Crippen MR) is 72.4 cm³/mol. The molecule has 0 saturated heterocycles. The first-order valence-electron chi connectivity index (χ1n) is 6.25. The SMILES string of the molecule is COC(=O)Cc1nc(Cc2ccc(OC)c(OC)c2)no1. The molecule has 0 aliphatic carbocycles.